The molecule has 1 saturated heterocycles. The molecule has 33 heavy (non-hydrogen) atoms. The van der Waals surface area contributed by atoms with Gasteiger partial charge in [0.25, 0.3) is 0 Å². The van der Waals surface area contributed by atoms with Gasteiger partial charge in [-0.05, 0) is 41.8 Å². The predicted molar refractivity (Wildman–Crippen MR) is 131 cm³/mol. The molecule has 2 fully saturated rings. The highest BCUT2D eigenvalue weighted by molar-refractivity contribution is 7.90. The molecule has 0 unspecified atom stereocenters. The molecular weight excluding hydrogens is 436 g/mol. The Labute approximate surface area is 194 Å². The fraction of sp³-hybridized carbons (Fsp3) is 0.500. The number of rotatable bonds is 7. The minimum atomic E-state index is -2.97. The molecule has 2 aliphatic rings. The van der Waals surface area contributed by atoms with Crippen molar-refractivity contribution in [1.82, 2.24) is 19.9 Å². The molecule has 1 aliphatic carbocycles. The maximum Gasteiger partial charge on any atom is 0.147 e. The van der Waals surface area contributed by atoms with Gasteiger partial charge >= 0.3 is 0 Å². The zero-order chi connectivity index (χ0) is 23.2. The third-order valence-corrected chi connectivity index (χ3v) is 7.68. The quantitative estimate of drug-likeness (QED) is 0.557. The number of aromatic nitrogens is 4. The van der Waals surface area contributed by atoms with Crippen molar-refractivity contribution >= 4 is 38.1 Å². The van der Waals surface area contributed by atoms with Crippen LogP contribution in [-0.2, 0) is 9.84 Å². The lowest BCUT2D eigenvalue weighted by Gasteiger charge is -2.40. The lowest BCUT2D eigenvalue weighted by molar-refractivity contribution is 0.401. The largest absolute Gasteiger partial charge is 0.355 e. The molecule has 174 valence electrons. The summed E-state index contributed by atoms with van der Waals surface area (Å²) in [6, 6.07) is 3.94. The molecule has 3 aromatic rings. The zero-order valence-corrected chi connectivity index (χ0v) is 20.1. The van der Waals surface area contributed by atoms with Crippen molar-refractivity contribution in [3.63, 3.8) is 0 Å². The minimum Gasteiger partial charge on any atom is -0.355 e. The van der Waals surface area contributed by atoms with Crippen LogP contribution < -0.4 is 10.2 Å². The van der Waals surface area contributed by atoms with Gasteiger partial charge in [-0.3, -0.25) is 0 Å². The third kappa shape index (κ3) is 4.64. The summed E-state index contributed by atoms with van der Waals surface area (Å²) in [5, 5.41) is 5.44. The Morgan fingerprint density at radius 3 is 2.55 bits per heavy atom. The highest BCUT2D eigenvalue weighted by Gasteiger charge is 2.32. The van der Waals surface area contributed by atoms with Crippen LogP contribution in [0.4, 0.5) is 17.5 Å². The SMILES string of the molecule is CC(C)c1cnc(N2CC(CS(C)(=O)=O)C2)c2cnc(Nc3ccnc(C4CCC4)n3)cc12. The average Bonchev–Trinajstić information content (AvgIpc) is 2.68. The molecule has 0 radical (unpaired) electrons. The van der Waals surface area contributed by atoms with Crippen molar-refractivity contribution in [2.45, 2.75) is 44.9 Å². The van der Waals surface area contributed by atoms with Crippen molar-refractivity contribution in [3.8, 4) is 0 Å². The number of pyridine rings is 2. The van der Waals surface area contributed by atoms with E-state index < -0.39 is 9.84 Å². The first-order valence-electron chi connectivity index (χ1n) is 11.6. The second-order valence-corrected chi connectivity index (χ2v) is 11.9. The summed E-state index contributed by atoms with van der Waals surface area (Å²) < 4.78 is 23.2. The Bertz CT molecular complexity index is 1280. The molecule has 4 heterocycles. The lowest BCUT2D eigenvalue weighted by Crippen LogP contribution is -2.50. The smallest absolute Gasteiger partial charge is 0.147 e. The first-order chi connectivity index (χ1) is 15.8. The van der Waals surface area contributed by atoms with E-state index in [1.54, 1.807) is 0 Å². The molecule has 1 N–H and O–H groups in total. The van der Waals surface area contributed by atoms with Crippen LogP contribution in [0.25, 0.3) is 10.8 Å². The van der Waals surface area contributed by atoms with Crippen molar-refractivity contribution in [3.05, 3.63) is 42.1 Å². The van der Waals surface area contributed by atoms with E-state index in [1.807, 2.05) is 24.7 Å². The number of sulfone groups is 1. The molecule has 3 aromatic heterocycles. The van der Waals surface area contributed by atoms with E-state index in [1.165, 1.54) is 12.7 Å². The summed E-state index contributed by atoms with van der Waals surface area (Å²) in [4.78, 5) is 20.7. The van der Waals surface area contributed by atoms with Gasteiger partial charge in [0.1, 0.15) is 33.1 Å². The van der Waals surface area contributed by atoms with Crippen LogP contribution in [0.5, 0.6) is 0 Å². The Kier molecular flexibility index (Phi) is 5.68. The van der Waals surface area contributed by atoms with Gasteiger partial charge in [0.2, 0.25) is 0 Å². The predicted octanol–water partition coefficient (Wildman–Crippen LogP) is 4.04. The molecule has 0 amide bonds. The van der Waals surface area contributed by atoms with Crippen LogP contribution in [0.2, 0.25) is 0 Å². The van der Waals surface area contributed by atoms with E-state index in [2.05, 4.69) is 40.1 Å². The Morgan fingerprint density at radius 1 is 1.09 bits per heavy atom. The molecule has 0 spiro atoms. The fourth-order valence-electron chi connectivity index (χ4n) is 4.64. The Morgan fingerprint density at radius 2 is 1.88 bits per heavy atom. The van der Waals surface area contributed by atoms with Gasteiger partial charge in [-0.2, -0.15) is 0 Å². The first-order valence-corrected chi connectivity index (χ1v) is 13.6. The van der Waals surface area contributed by atoms with Crippen LogP contribution in [0.15, 0.2) is 30.7 Å². The number of nitrogens with zero attached hydrogens (tertiary/aromatic N) is 5. The summed E-state index contributed by atoms with van der Waals surface area (Å²) in [5.41, 5.74) is 1.16. The molecule has 5 rings (SSSR count). The Balaban J connectivity index is 1.43. The van der Waals surface area contributed by atoms with Crippen molar-refractivity contribution in [2.75, 3.05) is 35.3 Å². The van der Waals surface area contributed by atoms with Gasteiger partial charge in [-0.25, -0.2) is 28.4 Å². The van der Waals surface area contributed by atoms with Gasteiger partial charge in [0, 0.05) is 55.2 Å². The molecule has 0 bridgehead atoms. The number of fused-ring (bicyclic) bond motifs is 1. The molecule has 9 heteroatoms. The normalized spacial score (nSPS) is 17.3. The van der Waals surface area contributed by atoms with Gasteiger partial charge in [-0.15, -0.1) is 0 Å². The maximum atomic E-state index is 11.6. The molecule has 1 aliphatic heterocycles. The highest BCUT2D eigenvalue weighted by Crippen LogP contribution is 2.36. The molecule has 0 atom stereocenters. The second kappa shape index (κ2) is 8.52. The van der Waals surface area contributed by atoms with Crippen molar-refractivity contribution < 1.29 is 8.42 Å². The lowest BCUT2D eigenvalue weighted by atomic mass is 9.85. The van der Waals surface area contributed by atoms with Crippen LogP contribution >= 0.6 is 0 Å². The van der Waals surface area contributed by atoms with Crippen LogP contribution in [0, 0.1) is 5.92 Å². The number of hydrogen-bond acceptors (Lipinski definition) is 8. The van der Waals surface area contributed by atoms with Crippen LogP contribution in [0.3, 0.4) is 0 Å². The summed E-state index contributed by atoms with van der Waals surface area (Å²) in [6.07, 6.45) is 10.5. The molecule has 8 nitrogen and oxygen atoms in total. The first kappa shape index (κ1) is 22.0. The van der Waals surface area contributed by atoms with E-state index in [4.69, 9.17) is 9.97 Å². The van der Waals surface area contributed by atoms with Crippen molar-refractivity contribution in [2.24, 2.45) is 5.92 Å². The fourth-order valence-corrected chi connectivity index (χ4v) is 5.70. The Hall–Kier alpha value is -2.81. The second-order valence-electron chi connectivity index (χ2n) is 9.72. The summed E-state index contributed by atoms with van der Waals surface area (Å²) >= 11 is 0. The monoisotopic (exact) mass is 466 g/mol. The minimum absolute atomic E-state index is 0.151. The molecular formula is C24H30N6O2S. The van der Waals surface area contributed by atoms with Gasteiger partial charge in [0.05, 0.1) is 5.75 Å². The van der Waals surface area contributed by atoms with E-state index in [0.29, 0.717) is 24.9 Å². The average molecular weight is 467 g/mol. The van der Waals surface area contributed by atoms with E-state index >= 15 is 0 Å². The van der Waals surface area contributed by atoms with Crippen LogP contribution in [0.1, 0.15) is 56.3 Å². The molecule has 0 aromatic carbocycles. The molecule has 1 saturated carbocycles. The maximum absolute atomic E-state index is 11.6. The highest BCUT2D eigenvalue weighted by atomic mass is 32.2. The van der Waals surface area contributed by atoms with E-state index in [0.717, 1.165) is 52.5 Å². The number of anilines is 3. The van der Waals surface area contributed by atoms with Gasteiger partial charge in [-0.1, -0.05) is 20.3 Å². The van der Waals surface area contributed by atoms with E-state index in [-0.39, 0.29) is 11.7 Å². The van der Waals surface area contributed by atoms with Gasteiger partial charge < -0.3 is 10.2 Å². The summed E-state index contributed by atoms with van der Waals surface area (Å²) in [5.74, 6) is 4.42. The topological polar surface area (TPSA) is 101 Å². The van der Waals surface area contributed by atoms with Crippen molar-refractivity contribution in [1.29, 1.82) is 0 Å². The van der Waals surface area contributed by atoms with Gasteiger partial charge in [0.15, 0.2) is 0 Å². The summed E-state index contributed by atoms with van der Waals surface area (Å²) in [7, 11) is -2.97. The van der Waals surface area contributed by atoms with Crippen LogP contribution in [-0.4, -0.2) is 53.5 Å². The van der Waals surface area contributed by atoms with E-state index in [9.17, 15) is 8.42 Å². The number of hydrogen-bond donors (Lipinski definition) is 1. The zero-order valence-electron chi connectivity index (χ0n) is 19.3. The summed E-state index contributed by atoms with van der Waals surface area (Å²) in [6.45, 7) is 5.71. The third-order valence-electron chi connectivity index (χ3n) is 6.60. The standard InChI is InChI=1S/C24H30N6O2S/c1-15(2)19-10-27-24(30-12-16(13-30)14-33(3,31)32)20-11-26-22(9-18(19)20)28-21-7-8-25-23(29-21)17-5-4-6-17/h7-11,15-17H,4-6,12-14H2,1-3H3,(H,25,26,28,29). The number of nitrogens with one attached hydrogen (secondary N) is 1.